The van der Waals surface area contributed by atoms with Crippen LogP contribution in [-0.4, -0.2) is 9.97 Å². The van der Waals surface area contributed by atoms with Crippen LogP contribution in [-0.2, 0) is 6.54 Å². The molecule has 0 aliphatic carbocycles. The van der Waals surface area contributed by atoms with Crippen LogP contribution < -0.4 is 10.6 Å². The van der Waals surface area contributed by atoms with E-state index in [9.17, 15) is 4.39 Å². The Morgan fingerprint density at radius 3 is 2.33 bits per heavy atom. The van der Waals surface area contributed by atoms with Crippen LogP contribution in [0.2, 0.25) is 5.02 Å². The highest BCUT2D eigenvalue weighted by Crippen LogP contribution is 2.20. The minimum absolute atomic E-state index is 0.244. The summed E-state index contributed by atoms with van der Waals surface area (Å²) in [5.74, 6) is 1.79. The van der Waals surface area contributed by atoms with E-state index in [0.717, 1.165) is 11.3 Å². The maximum absolute atomic E-state index is 12.9. The SMILES string of the molecule is Cc1nc(NCc2ccc(F)cc2)cc(Nc2ccc(Cl)cc2)n1. The number of aryl methyl sites for hydroxylation is 1. The molecule has 6 heteroatoms. The van der Waals surface area contributed by atoms with Gasteiger partial charge in [0.05, 0.1) is 0 Å². The third kappa shape index (κ3) is 4.43. The van der Waals surface area contributed by atoms with Crippen LogP contribution in [0, 0.1) is 12.7 Å². The van der Waals surface area contributed by atoms with Crippen molar-refractivity contribution in [2.45, 2.75) is 13.5 Å². The molecule has 1 heterocycles. The number of halogens is 2. The first-order valence-corrected chi connectivity index (χ1v) is 7.83. The molecular formula is C18H16ClFN4. The summed E-state index contributed by atoms with van der Waals surface area (Å²) in [6, 6.07) is 15.6. The highest BCUT2D eigenvalue weighted by Gasteiger charge is 2.03. The van der Waals surface area contributed by atoms with Gasteiger partial charge in [-0.25, -0.2) is 14.4 Å². The molecule has 2 aromatic carbocycles. The Morgan fingerprint density at radius 2 is 1.62 bits per heavy atom. The normalized spacial score (nSPS) is 10.5. The van der Waals surface area contributed by atoms with Gasteiger partial charge in [-0.15, -0.1) is 0 Å². The fraction of sp³-hybridized carbons (Fsp3) is 0.111. The number of hydrogen-bond acceptors (Lipinski definition) is 4. The van der Waals surface area contributed by atoms with Crippen LogP contribution in [0.4, 0.5) is 21.7 Å². The van der Waals surface area contributed by atoms with Crippen molar-refractivity contribution in [1.82, 2.24) is 9.97 Å². The number of nitrogens with one attached hydrogen (secondary N) is 2. The summed E-state index contributed by atoms with van der Waals surface area (Å²) in [5, 5.41) is 7.12. The van der Waals surface area contributed by atoms with E-state index in [1.807, 2.05) is 37.3 Å². The van der Waals surface area contributed by atoms with Crippen molar-refractivity contribution in [3.05, 3.63) is 76.8 Å². The molecule has 0 atom stereocenters. The van der Waals surface area contributed by atoms with E-state index in [1.54, 1.807) is 12.1 Å². The number of nitrogens with zero attached hydrogens (tertiary/aromatic N) is 2. The summed E-state index contributed by atoms with van der Waals surface area (Å²) in [6.45, 7) is 2.38. The van der Waals surface area contributed by atoms with Crippen molar-refractivity contribution in [1.29, 1.82) is 0 Å². The molecule has 0 bridgehead atoms. The molecule has 0 radical (unpaired) electrons. The topological polar surface area (TPSA) is 49.8 Å². The van der Waals surface area contributed by atoms with Gasteiger partial charge in [0, 0.05) is 23.3 Å². The van der Waals surface area contributed by atoms with Crippen molar-refractivity contribution in [3.8, 4) is 0 Å². The predicted octanol–water partition coefficient (Wildman–Crippen LogP) is 4.93. The van der Waals surface area contributed by atoms with E-state index < -0.39 is 0 Å². The summed E-state index contributed by atoms with van der Waals surface area (Å²) >= 11 is 5.89. The first kappa shape index (κ1) is 16.2. The van der Waals surface area contributed by atoms with Gasteiger partial charge in [-0.3, -0.25) is 0 Å². The summed E-state index contributed by atoms with van der Waals surface area (Å²) in [7, 11) is 0. The van der Waals surface area contributed by atoms with Crippen molar-refractivity contribution in [2.24, 2.45) is 0 Å². The zero-order valence-corrected chi connectivity index (χ0v) is 13.8. The molecule has 0 aliphatic heterocycles. The first-order valence-electron chi connectivity index (χ1n) is 7.45. The molecule has 3 aromatic rings. The van der Waals surface area contributed by atoms with Crippen LogP contribution in [0.1, 0.15) is 11.4 Å². The van der Waals surface area contributed by atoms with Crippen molar-refractivity contribution in [2.75, 3.05) is 10.6 Å². The zero-order valence-electron chi connectivity index (χ0n) is 13.1. The summed E-state index contributed by atoms with van der Waals surface area (Å²) in [6.07, 6.45) is 0. The van der Waals surface area contributed by atoms with Crippen LogP contribution >= 0.6 is 11.6 Å². The lowest BCUT2D eigenvalue weighted by Crippen LogP contribution is -2.05. The van der Waals surface area contributed by atoms with Gasteiger partial charge in [0.15, 0.2) is 0 Å². The van der Waals surface area contributed by atoms with Gasteiger partial charge in [0.1, 0.15) is 23.3 Å². The summed E-state index contributed by atoms with van der Waals surface area (Å²) in [5.41, 5.74) is 1.86. The number of rotatable bonds is 5. The van der Waals surface area contributed by atoms with Crippen molar-refractivity contribution >= 4 is 28.9 Å². The number of benzene rings is 2. The standard InChI is InChI=1S/C18H16ClFN4/c1-12-22-17(21-11-13-2-6-15(20)7-3-13)10-18(23-12)24-16-8-4-14(19)5-9-16/h2-10H,11H2,1H3,(H2,21,22,23,24). The van der Waals surface area contributed by atoms with E-state index in [0.29, 0.717) is 29.0 Å². The Balaban J connectivity index is 1.71. The third-order valence-corrected chi connectivity index (χ3v) is 3.59. The van der Waals surface area contributed by atoms with Gasteiger partial charge in [0.25, 0.3) is 0 Å². The fourth-order valence-corrected chi connectivity index (χ4v) is 2.32. The minimum atomic E-state index is -0.244. The smallest absolute Gasteiger partial charge is 0.136 e. The fourth-order valence-electron chi connectivity index (χ4n) is 2.20. The Hall–Kier alpha value is -2.66. The number of anilines is 3. The monoisotopic (exact) mass is 342 g/mol. The van der Waals surface area contributed by atoms with Crippen molar-refractivity contribution in [3.63, 3.8) is 0 Å². The molecule has 1 aromatic heterocycles. The van der Waals surface area contributed by atoms with Crippen LogP contribution in [0.5, 0.6) is 0 Å². The maximum atomic E-state index is 12.9. The quantitative estimate of drug-likeness (QED) is 0.690. The van der Waals surface area contributed by atoms with Gasteiger partial charge in [-0.1, -0.05) is 23.7 Å². The van der Waals surface area contributed by atoms with E-state index in [2.05, 4.69) is 20.6 Å². The second kappa shape index (κ2) is 7.27. The average molecular weight is 343 g/mol. The maximum Gasteiger partial charge on any atom is 0.136 e. The number of aromatic nitrogens is 2. The lowest BCUT2D eigenvalue weighted by Gasteiger charge is -2.10. The molecule has 0 aliphatic rings. The summed E-state index contributed by atoms with van der Waals surface area (Å²) < 4.78 is 12.9. The second-order valence-electron chi connectivity index (χ2n) is 5.30. The largest absolute Gasteiger partial charge is 0.366 e. The third-order valence-electron chi connectivity index (χ3n) is 3.34. The van der Waals surface area contributed by atoms with E-state index in [1.165, 1.54) is 12.1 Å². The Morgan fingerprint density at radius 1 is 0.958 bits per heavy atom. The van der Waals surface area contributed by atoms with Gasteiger partial charge in [0.2, 0.25) is 0 Å². The molecular weight excluding hydrogens is 327 g/mol. The molecule has 0 unspecified atom stereocenters. The van der Waals surface area contributed by atoms with Gasteiger partial charge >= 0.3 is 0 Å². The molecule has 24 heavy (non-hydrogen) atoms. The van der Waals surface area contributed by atoms with Crippen LogP contribution in [0.25, 0.3) is 0 Å². The highest BCUT2D eigenvalue weighted by atomic mass is 35.5. The van der Waals surface area contributed by atoms with Gasteiger partial charge in [-0.2, -0.15) is 0 Å². The minimum Gasteiger partial charge on any atom is -0.366 e. The van der Waals surface area contributed by atoms with Crippen LogP contribution in [0.3, 0.4) is 0 Å². The van der Waals surface area contributed by atoms with E-state index in [-0.39, 0.29) is 5.82 Å². The molecule has 0 spiro atoms. The number of hydrogen-bond donors (Lipinski definition) is 2. The lowest BCUT2D eigenvalue weighted by molar-refractivity contribution is 0.627. The molecule has 0 amide bonds. The predicted molar refractivity (Wildman–Crippen MR) is 95.2 cm³/mol. The Bertz CT molecular complexity index is 819. The molecule has 2 N–H and O–H groups in total. The molecule has 122 valence electrons. The van der Waals surface area contributed by atoms with Crippen molar-refractivity contribution < 1.29 is 4.39 Å². The van der Waals surface area contributed by atoms with Crippen LogP contribution in [0.15, 0.2) is 54.6 Å². The molecule has 0 fully saturated rings. The Kier molecular flexibility index (Phi) is 4.91. The molecule has 0 saturated heterocycles. The molecule has 4 nitrogen and oxygen atoms in total. The molecule has 3 rings (SSSR count). The average Bonchev–Trinajstić information content (AvgIpc) is 2.56. The van der Waals surface area contributed by atoms with Gasteiger partial charge < -0.3 is 10.6 Å². The molecule has 0 saturated carbocycles. The van der Waals surface area contributed by atoms with Gasteiger partial charge in [-0.05, 0) is 48.9 Å². The van der Waals surface area contributed by atoms with E-state index >= 15 is 0 Å². The zero-order chi connectivity index (χ0) is 16.9. The Labute approximate surface area is 144 Å². The van der Waals surface area contributed by atoms with E-state index in [4.69, 9.17) is 11.6 Å². The second-order valence-corrected chi connectivity index (χ2v) is 5.73. The highest BCUT2D eigenvalue weighted by molar-refractivity contribution is 6.30. The first-order chi connectivity index (χ1) is 11.6. The summed E-state index contributed by atoms with van der Waals surface area (Å²) in [4.78, 5) is 8.74. The lowest BCUT2D eigenvalue weighted by atomic mass is 10.2.